The van der Waals surface area contributed by atoms with Gasteiger partial charge in [0.05, 0.1) is 0 Å². The van der Waals surface area contributed by atoms with Crippen molar-refractivity contribution in [2.75, 3.05) is 6.54 Å². The monoisotopic (exact) mass is 196 g/mol. The van der Waals surface area contributed by atoms with Gasteiger partial charge in [-0.3, -0.25) is 0 Å². The second-order valence-corrected chi connectivity index (χ2v) is 4.32. The highest BCUT2D eigenvalue weighted by Crippen LogP contribution is 2.21. The van der Waals surface area contributed by atoms with Crippen molar-refractivity contribution >= 4 is 0 Å². The molecule has 0 aromatic rings. The van der Waals surface area contributed by atoms with Gasteiger partial charge in [0.15, 0.2) is 0 Å². The normalized spacial score (nSPS) is 21.4. The van der Waals surface area contributed by atoms with Gasteiger partial charge in [0.25, 0.3) is 0 Å². The zero-order chi connectivity index (χ0) is 10.6. The fourth-order valence-corrected chi connectivity index (χ4v) is 2.06. The summed E-state index contributed by atoms with van der Waals surface area (Å²) in [4.78, 5) is 4.93. The first-order chi connectivity index (χ1) is 6.70. The van der Waals surface area contributed by atoms with Crippen LogP contribution in [-0.4, -0.2) is 28.6 Å². The standard InChI is InChI=1S/C12H24N2/c1-5-7-8-13-9-10-14(11(3)4)12(13)6-2/h9-12H,5-8H2,1-4H3. The lowest BCUT2D eigenvalue weighted by atomic mass is 10.2. The van der Waals surface area contributed by atoms with E-state index in [1.807, 2.05) is 0 Å². The van der Waals surface area contributed by atoms with Crippen molar-refractivity contribution < 1.29 is 0 Å². The van der Waals surface area contributed by atoms with Gasteiger partial charge in [0.2, 0.25) is 0 Å². The van der Waals surface area contributed by atoms with E-state index in [-0.39, 0.29) is 0 Å². The van der Waals surface area contributed by atoms with Crippen molar-refractivity contribution in [3.63, 3.8) is 0 Å². The van der Waals surface area contributed by atoms with Crippen molar-refractivity contribution in [1.29, 1.82) is 0 Å². The topological polar surface area (TPSA) is 6.48 Å². The average Bonchev–Trinajstić information content (AvgIpc) is 2.57. The van der Waals surface area contributed by atoms with Gasteiger partial charge < -0.3 is 9.80 Å². The quantitative estimate of drug-likeness (QED) is 0.667. The minimum Gasteiger partial charge on any atom is -0.356 e. The molecule has 0 spiro atoms. The molecule has 1 aliphatic heterocycles. The molecule has 0 amide bonds. The van der Waals surface area contributed by atoms with E-state index >= 15 is 0 Å². The second-order valence-electron chi connectivity index (χ2n) is 4.32. The van der Waals surface area contributed by atoms with Gasteiger partial charge in [-0.2, -0.15) is 0 Å². The number of hydrogen-bond donors (Lipinski definition) is 0. The highest BCUT2D eigenvalue weighted by atomic mass is 15.4. The molecular formula is C12H24N2. The molecule has 0 aromatic heterocycles. The van der Waals surface area contributed by atoms with E-state index in [0.29, 0.717) is 12.2 Å². The van der Waals surface area contributed by atoms with E-state index in [4.69, 9.17) is 0 Å². The van der Waals surface area contributed by atoms with Crippen LogP contribution in [0.15, 0.2) is 12.4 Å². The highest BCUT2D eigenvalue weighted by molar-refractivity contribution is 4.97. The zero-order valence-electron chi connectivity index (χ0n) is 10.0. The van der Waals surface area contributed by atoms with E-state index < -0.39 is 0 Å². The van der Waals surface area contributed by atoms with E-state index in [2.05, 4.69) is 49.9 Å². The van der Waals surface area contributed by atoms with Gasteiger partial charge in [-0.15, -0.1) is 0 Å². The summed E-state index contributed by atoms with van der Waals surface area (Å²) >= 11 is 0. The Morgan fingerprint density at radius 3 is 2.43 bits per heavy atom. The van der Waals surface area contributed by atoms with E-state index in [9.17, 15) is 0 Å². The molecule has 2 nitrogen and oxygen atoms in total. The van der Waals surface area contributed by atoms with E-state index in [1.165, 1.54) is 25.8 Å². The maximum Gasteiger partial charge on any atom is 0.101 e. The summed E-state index contributed by atoms with van der Waals surface area (Å²) in [6, 6.07) is 0.614. The molecule has 1 rings (SSSR count). The molecule has 0 radical (unpaired) electrons. The number of unbranched alkanes of at least 4 members (excludes halogenated alkanes) is 1. The Balaban J connectivity index is 2.51. The molecule has 1 atom stereocenters. The Kier molecular flexibility index (Phi) is 4.30. The second kappa shape index (κ2) is 5.28. The Labute approximate surface area is 88.6 Å². The maximum absolute atomic E-state index is 2.48. The van der Waals surface area contributed by atoms with Gasteiger partial charge in [-0.25, -0.2) is 0 Å². The molecule has 0 bridgehead atoms. The summed E-state index contributed by atoms with van der Waals surface area (Å²) in [5, 5.41) is 0. The number of rotatable bonds is 5. The molecule has 2 heteroatoms. The van der Waals surface area contributed by atoms with Gasteiger partial charge in [-0.05, 0) is 26.7 Å². The van der Waals surface area contributed by atoms with Crippen LogP contribution in [0.1, 0.15) is 47.0 Å². The molecule has 0 N–H and O–H groups in total. The summed E-state index contributed by atoms with van der Waals surface area (Å²) in [5.41, 5.74) is 0. The largest absolute Gasteiger partial charge is 0.356 e. The minimum atomic E-state index is 0.599. The Morgan fingerprint density at radius 1 is 1.21 bits per heavy atom. The lowest BCUT2D eigenvalue weighted by Crippen LogP contribution is -2.41. The summed E-state index contributed by atoms with van der Waals surface area (Å²) in [5.74, 6) is 0. The average molecular weight is 196 g/mol. The Hall–Kier alpha value is -0.660. The number of nitrogens with zero attached hydrogens (tertiary/aromatic N) is 2. The lowest BCUT2D eigenvalue weighted by molar-refractivity contribution is 0.122. The first-order valence-electron chi connectivity index (χ1n) is 5.92. The van der Waals surface area contributed by atoms with Crippen molar-refractivity contribution in [2.24, 2.45) is 0 Å². The predicted octanol–water partition coefficient (Wildman–Crippen LogP) is 3.02. The van der Waals surface area contributed by atoms with Gasteiger partial charge in [0.1, 0.15) is 6.17 Å². The molecule has 0 aromatic carbocycles. The van der Waals surface area contributed by atoms with Crippen molar-refractivity contribution in [2.45, 2.75) is 59.2 Å². The van der Waals surface area contributed by atoms with Crippen LogP contribution in [0.25, 0.3) is 0 Å². The molecule has 1 aliphatic rings. The SMILES string of the molecule is CCCCN1C=CN(C(C)C)C1CC. The van der Waals surface area contributed by atoms with Crippen LogP contribution in [0.2, 0.25) is 0 Å². The Bertz CT molecular complexity index is 187. The van der Waals surface area contributed by atoms with Crippen molar-refractivity contribution in [3.8, 4) is 0 Å². The molecule has 0 saturated heterocycles. The molecule has 1 heterocycles. The first-order valence-corrected chi connectivity index (χ1v) is 5.92. The van der Waals surface area contributed by atoms with Crippen LogP contribution >= 0.6 is 0 Å². The smallest absolute Gasteiger partial charge is 0.101 e. The third kappa shape index (κ3) is 2.43. The molecule has 0 saturated carbocycles. The third-order valence-electron chi connectivity index (χ3n) is 2.89. The van der Waals surface area contributed by atoms with Crippen LogP contribution in [0.3, 0.4) is 0 Å². The third-order valence-corrected chi connectivity index (χ3v) is 2.89. The zero-order valence-corrected chi connectivity index (χ0v) is 10.0. The van der Waals surface area contributed by atoms with Crippen LogP contribution in [0.5, 0.6) is 0 Å². The summed E-state index contributed by atoms with van der Waals surface area (Å²) in [6.45, 7) is 10.2. The van der Waals surface area contributed by atoms with Crippen molar-refractivity contribution in [1.82, 2.24) is 9.80 Å². The van der Waals surface area contributed by atoms with Crippen LogP contribution in [0.4, 0.5) is 0 Å². The summed E-state index contributed by atoms with van der Waals surface area (Å²) < 4.78 is 0. The van der Waals surface area contributed by atoms with Crippen LogP contribution in [-0.2, 0) is 0 Å². The molecule has 82 valence electrons. The molecular weight excluding hydrogens is 172 g/mol. The maximum atomic E-state index is 2.48. The van der Waals surface area contributed by atoms with Crippen LogP contribution < -0.4 is 0 Å². The summed E-state index contributed by atoms with van der Waals surface area (Å²) in [6.07, 6.45) is 8.88. The number of hydrogen-bond acceptors (Lipinski definition) is 2. The highest BCUT2D eigenvalue weighted by Gasteiger charge is 2.25. The molecule has 0 fully saturated rings. The lowest BCUT2D eigenvalue weighted by Gasteiger charge is -2.34. The fourth-order valence-electron chi connectivity index (χ4n) is 2.06. The first kappa shape index (κ1) is 11.4. The van der Waals surface area contributed by atoms with E-state index in [1.54, 1.807) is 0 Å². The molecule has 0 aliphatic carbocycles. The van der Waals surface area contributed by atoms with Gasteiger partial charge in [-0.1, -0.05) is 20.3 Å². The molecule has 14 heavy (non-hydrogen) atoms. The summed E-state index contributed by atoms with van der Waals surface area (Å²) in [7, 11) is 0. The fraction of sp³-hybridized carbons (Fsp3) is 0.833. The molecule has 1 unspecified atom stereocenters. The van der Waals surface area contributed by atoms with Gasteiger partial charge >= 0.3 is 0 Å². The Morgan fingerprint density at radius 2 is 1.93 bits per heavy atom. The van der Waals surface area contributed by atoms with Gasteiger partial charge in [0, 0.05) is 25.0 Å². The minimum absolute atomic E-state index is 0.599. The van der Waals surface area contributed by atoms with Crippen molar-refractivity contribution in [3.05, 3.63) is 12.4 Å². The van der Waals surface area contributed by atoms with Crippen LogP contribution in [0, 0.1) is 0 Å². The van der Waals surface area contributed by atoms with E-state index in [0.717, 1.165) is 0 Å². The predicted molar refractivity (Wildman–Crippen MR) is 61.8 cm³/mol.